The molecule has 0 fully saturated rings. The molecule has 0 atom stereocenters. The fourth-order valence-corrected chi connectivity index (χ4v) is 1.49. The van der Waals surface area contributed by atoms with Crippen molar-refractivity contribution in [2.75, 3.05) is 18.4 Å². The minimum Gasteiger partial charge on any atom is -0.382 e. The second kappa shape index (κ2) is 7.43. The van der Waals surface area contributed by atoms with Crippen LogP contribution in [0.3, 0.4) is 0 Å². The van der Waals surface area contributed by atoms with Crippen LogP contribution >= 0.6 is 0 Å². The molecule has 0 aliphatic rings. The first-order valence-electron chi connectivity index (χ1n) is 6.34. The fraction of sp³-hybridized carbons (Fsp3) is 0.429. The van der Waals surface area contributed by atoms with E-state index in [0.717, 1.165) is 0 Å². The van der Waals surface area contributed by atoms with E-state index in [9.17, 15) is 13.6 Å². The van der Waals surface area contributed by atoms with Gasteiger partial charge >= 0.3 is 0 Å². The van der Waals surface area contributed by atoms with Gasteiger partial charge in [-0.15, -0.1) is 0 Å². The van der Waals surface area contributed by atoms with Crippen molar-refractivity contribution in [3.63, 3.8) is 0 Å². The van der Waals surface area contributed by atoms with E-state index in [4.69, 9.17) is 5.26 Å². The van der Waals surface area contributed by atoms with Crippen LogP contribution in [-0.2, 0) is 4.79 Å². The zero-order chi connectivity index (χ0) is 15.1. The molecule has 2 N–H and O–H groups in total. The van der Waals surface area contributed by atoms with Crippen LogP contribution in [0.4, 0.5) is 14.5 Å². The van der Waals surface area contributed by atoms with E-state index in [1.807, 2.05) is 13.8 Å². The Balaban J connectivity index is 2.49. The smallest absolute Gasteiger partial charge is 0.221 e. The number of hydrogen-bond acceptors (Lipinski definition) is 3. The number of halogens is 2. The number of carbonyl (C=O) groups excluding carboxylic acids is 1. The Hall–Kier alpha value is -2.16. The van der Waals surface area contributed by atoms with Crippen LogP contribution in [0.15, 0.2) is 12.1 Å². The van der Waals surface area contributed by atoms with Crippen LogP contribution in [0, 0.1) is 28.9 Å². The summed E-state index contributed by atoms with van der Waals surface area (Å²) >= 11 is 0. The van der Waals surface area contributed by atoms with Gasteiger partial charge in [-0.25, -0.2) is 8.78 Å². The Morgan fingerprint density at radius 1 is 1.35 bits per heavy atom. The number of hydrogen-bond donors (Lipinski definition) is 2. The number of amides is 1. The van der Waals surface area contributed by atoms with Crippen molar-refractivity contribution in [3.8, 4) is 6.07 Å². The molecule has 0 unspecified atom stereocenters. The third kappa shape index (κ3) is 4.50. The van der Waals surface area contributed by atoms with E-state index in [-0.39, 0.29) is 30.1 Å². The Kier molecular flexibility index (Phi) is 5.91. The molecular weight excluding hydrogens is 264 g/mol. The van der Waals surface area contributed by atoms with Gasteiger partial charge in [-0.05, 0) is 18.1 Å². The van der Waals surface area contributed by atoms with E-state index in [1.54, 1.807) is 6.07 Å². The fourth-order valence-electron chi connectivity index (χ4n) is 1.49. The van der Waals surface area contributed by atoms with Crippen LogP contribution in [0.1, 0.15) is 25.8 Å². The largest absolute Gasteiger partial charge is 0.382 e. The van der Waals surface area contributed by atoms with Gasteiger partial charge in [0, 0.05) is 19.5 Å². The molecule has 0 saturated carbocycles. The summed E-state index contributed by atoms with van der Waals surface area (Å²) in [5, 5.41) is 13.9. The first kappa shape index (κ1) is 15.9. The highest BCUT2D eigenvalue weighted by Gasteiger charge is 2.13. The predicted molar refractivity (Wildman–Crippen MR) is 72.0 cm³/mol. The molecule has 108 valence electrons. The zero-order valence-corrected chi connectivity index (χ0v) is 11.5. The van der Waals surface area contributed by atoms with E-state index < -0.39 is 11.6 Å². The molecule has 0 heterocycles. The maximum atomic E-state index is 13.5. The summed E-state index contributed by atoms with van der Waals surface area (Å²) in [6.07, 6.45) is 0.160. The Morgan fingerprint density at radius 2 is 2.05 bits per heavy atom. The molecule has 6 heteroatoms. The Morgan fingerprint density at radius 3 is 2.65 bits per heavy atom. The number of carbonyl (C=O) groups is 1. The summed E-state index contributed by atoms with van der Waals surface area (Å²) in [7, 11) is 0. The summed E-state index contributed by atoms with van der Waals surface area (Å²) in [6.45, 7) is 4.73. The number of benzene rings is 1. The van der Waals surface area contributed by atoms with E-state index in [2.05, 4.69) is 10.6 Å². The average molecular weight is 281 g/mol. The van der Waals surface area contributed by atoms with Crippen LogP contribution in [0.25, 0.3) is 0 Å². The van der Waals surface area contributed by atoms with Gasteiger partial charge in [0.15, 0.2) is 11.6 Å². The van der Waals surface area contributed by atoms with Gasteiger partial charge in [0.1, 0.15) is 6.07 Å². The summed E-state index contributed by atoms with van der Waals surface area (Å²) in [4.78, 5) is 11.4. The first-order valence-corrected chi connectivity index (χ1v) is 6.34. The van der Waals surface area contributed by atoms with Crippen molar-refractivity contribution >= 4 is 11.6 Å². The molecule has 0 saturated heterocycles. The van der Waals surface area contributed by atoms with E-state index in [1.165, 1.54) is 12.1 Å². The number of nitrogens with zero attached hydrogens (tertiary/aromatic N) is 1. The molecule has 4 nitrogen and oxygen atoms in total. The van der Waals surface area contributed by atoms with Gasteiger partial charge in [0.05, 0.1) is 11.3 Å². The molecule has 0 aromatic heterocycles. The second-order valence-corrected chi connectivity index (χ2v) is 4.78. The quantitative estimate of drug-likeness (QED) is 0.841. The topological polar surface area (TPSA) is 64.9 Å². The number of nitrogens with one attached hydrogen (secondary N) is 2. The van der Waals surface area contributed by atoms with Crippen LogP contribution in [0.5, 0.6) is 0 Å². The van der Waals surface area contributed by atoms with Gasteiger partial charge in [0.2, 0.25) is 5.91 Å². The maximum Gasteiger partial charge on any atom is 0.221 e. The summed E-state index contributed by atoms with van der Waals surface area (Å²) in [5.41, 5.74) is -0.402. The molecule has 20 heavy (non-hydrogen) atoms. The molecular formula is C14H17F2N3O. The van der Waals surface area contributed by atoms with Crippen molar-refractivity contribution in [2.24, 2.45) is 5.92 Å². The number of anilines is 1. The summed E-state index contributed by atoms with van der Waals surface area (Å²) < 4.78 is 26.9. The van der Waals surface area contributed by atoms with Crippen molar-refractivity contribution in [1.29, 1.82) is 5.26 Å². The molecule has 0 bridgehead atoms. The van der Waals surface area contributed by atoms with Crippen molar-refractivity contribution in [3.05, 3.63) is 29.3 Å². The Labute approximate surface area is 116 Å². The standard InChI is InChI=1S/C14H17F2N3O/c1-9(2)8-19-12(20)5-6-18-11-4-3-10(7-17)13(15)14(11)16/h3-4,9,18H,5-6,8H2,1-2H3,(H,19,20). The van der Waals surface area contributed by atoms with Gasteiger partial charge in [0.25, 0.3) is 0 Å². The van der Waals surface area contributed by atoms with Crippen molar-refractivity contribution in [1.82, 2.24) is 5.32 Å². The molecule has 1 rings (SSSR count). The van der Waals surface area contributed by atoms with Gasteiger partial charge in [-0.1, -0.05) is 13.8 Å². The van der Waals surface area contributed by atoms with Crippen LogP contribution < -0.4 is 10.6 Å². The molecule has 0 aliphatic carbocycles. The lowest BCUT2D eigenvalue weighted by Crippen LogP contribution is -2.28. The molecule has 1 aromatic carbocycles. The normalized spacial score (nSPS) is 10.2. The van der Waals surface area contributed by atoms with Gasteiger partial charge < -0.3 is 10.6 Å². The lowest BCUT2D eigenvalue weighted by Gasteiger charge is -2.10. The highest BCUT2D eigenvalue weighted by atomic mass is 19.2. The minimum atomic E-state index is -1.18. The van der Waals surface area contributed by atoms with Crippen molar-refractivity contribution in [2.45, 2.75) is 20.3 Å². The molecule has 0 spiro atoms. The minimum absolute atomic E-state index is 0.0573. The zero-order valence-electron chi connectivity index (χ0n) is 11.5. The third-order valence-electron chi connectivity index (χ3n) is 2.58. The molecule has 0 radical (unpaired) electrons. The molecule has 1 aromatic rings. The average Bonchev–Trinajstić information content (AvgIpc) is 2.41. The van der Waals surface area contributed by atoms with Gasteiger partial charge in [-0.2, -0.15) is 5.26 Å². The lowest BCUT2D eigenvalue weighted by atomic mass is 10.2. The monoisotopic (exact) mass is 281 g/mol. The predicted octanol–water partition coefficient (Wildman–Crippen LogP) is 2.41. The molecule has 0 aliphatic heterocycles. The number of nitriles is 1. The highest BCUT2D eigenvalue weighted by Crippen LogP contribution is 2.19. The Bertz CT molecular complexity index is 524. The number of rotatable bonds is 6. The van der Waals surface area contributed by atoms with E-state index in [0.29, 0.717) is 12.5 Å². The van der Waals surface area contributed by atoms with Crippen molar-refractivity contribution < 1.29 is 13.6 Å². The SMILES string of the molecule is CC(C)CNC(=O)CCNc1ccc(C#N)c(F)c1F. The van der Waals surface area contributed by atoms with E-state index >= 15 is 0 Å². The summed E-state index contributed by atoms with van der Waals surface area (Å²) in [5.74, 6) is -2.08. The summed E-state index contributed by atoms with van der Waals surface area (Å²) in [6, 6.07) is 4.03. The maximum absolute atomic E-state index is 13.5. The van der Waals surface area contributed by atoms with Crippen LogP contribution in [0.2, 0.25) is 0 Å². The first-order chi connectivity index (χ1) is 9.45. The van der Waals surface area contributed by atoms with Crippen LogP contribution in [-0.4, -0.2) is 19.0 Å². The third-order valence-corrected chi connectivity index (χ3v) is 2.58. The van der Waals surface area contributed by atoms with Gasteiger partial charge in [-0.3, -0.25) is 4.79 Å². The molecule has 1 amide bonds. The second-order valence-electron chi connectivity index (χ2n) is 4.78. The lowest BCUT2D eigenvalue weighted by molar-refractivity contribution is -0.120. The highest BCUT2D eigenvalue weighted by molar-refractivity contribution is 5.76.